The van der Waals surface area contributed by atoms with E-state index in [0.717, 1.165) is 11.3 Å². The zero-order chi connectivity index (χ0) is 19.1. The molecule has 138 valence electrons. The Morgan fingerprint density at radius 1 is 1.19 bits per heavy atom. The third-order valence-electron chi connectivity index (χ3n) is 4.34. The first-order chi connectivity index (χ1) is 12.1. The van der Waals surface area contributed by atoms with Crippen molar-refractivity contribution in [1.29, 1.82) is 0 Å². The number of nitrogens with one attached hydrogen (secondary N) is 1. The van der Waals surface area contributed by atoms with Crippen molar-refractivity contribution in [3.05, 3.63) is 47.5 Å². The second-order valence-electron chi connectivity index (χ2n) is 7.25. The number of sulfonamides is 1. The van der Waals surface area contributed by atoms with Crippen molar-refractivity contribution in [2.24, 2.45) is 0 Å². The molecule has 0 atom stereocenters. The second kappa shape index (κ2) is 6.44. The Morgan fingerprint density at radius 3 is 2.42 bits per heavy atom. The predicted molar refractivity (Wildman–Crippen MR) is 98.8 cm³/mol. The molecule has 2 heterocycles. The molecule has 0 fully saturated rings. The molecule has 0 radical (unpaired) electrons. The quantitative estimate of drug-likeness (QED) is 0.886. The number of fused-ring (bicyclic) bond motifs is 1. The van der Waals surface area contributed by atoms with Gasteiger partial charge in [-0.2, -0.15) is 0 Å². The van der Waals surface area contributed by atoms with Crippen molar-refractivity contribution in [2.75, 3.05) is 18.5 Å². The zero-order valence-electron chi connectivity index (χ0n) is 15.3. The van der Waals surface area contributed by atoms with E-state index in [0.29, 0.717) is 24.4 Å². The third-order valence-corrected chi connectivity index (χ3v) is 5.75. The molecule has 26 heavy (non-hydrogen) atoms. The summed E-state index contributed by atoms with van der Waals surface area (Å²) in [6.07, 6.45) is 3.70. The first-order valence-electron chi connectivity index (χ1n) is 8.34. The van der Waals surface area contributed by atoms with Crippen LogP contribution in [0.4, 0.5) is 5.69 Å². The summed E-state index contributed by atoms with van der Waals surface area (Å²) >= 11 is 0. The van der Waals surface area contributed by atoms with Crippen molar-refractivity contribution in [1.82, 2.24) is 14.7 Å². The minimum atomic E-state index is -3.50. The van der Waals surface area contributed by atoms with Crippen LogP contribution < -0.4 is 9.62 Å². The maximum absolute atomic E-state index is 12.8. The molecule has 2 aromatic rings. The number of carbonyl (C=O) groups excluding carboxylic acids is 1. The van der Waals surface area contributed by atoms with E-state index in [1.807, 2.05) is 20.8 Å². The zero-order valence-corrected chi connectivity index (χ0v) is 16.1. The van der Waals surface area contributed by atoms with Crippen LogP contribution in [0, 0.1) is 0 Å². The van der Waals surface area contributed by atoms with Crippen LogP contribution in [0.5, 0.6) is 0 Å². The highest BCUT2D eigenvalue weighted by Crippen LogP contribution is 2.31. The number of aromatic nitrogens is 2. The van der Waals surface area contributed by atoms with Gasteiger partial charge in [0.1, 0.15) is 5.82 Å². The van der Waals surface area contributed by atoms with Crippen LogP contribution in [-0.2, 0) is 21.9 Å². The third kappa shape index (κ3) is 3.34. The predicted octanol–water partition coefficient (Wildman–Crippen LogP) is 1.89. The van der Waals surface area contributed by atoms with Crippen LogP contribution in [0.2, 0.25) is 0 Å². The molecule has 8 heteroatoms. The Morgan fingerprint density at radius 2 is 1.85 bits per heavy atom. The van der Waals surface area contributed by atoms with E-state index in [2.05, 4.69) is 14.7 Å². The number of amides is 1. The maximum Gasteiger partial charge on any atom is 0.261 e. The Kier molecular flexibility index (Phi) is 4.58. The van der Waals surface area contributed by atoms with Crippen molar-refractivity contribution in [2.45, 2.75) is 37.5 Å². The largest absolute Gasteiger partial charge is 0.308 e. The smallest absolute Gasteiger partial charge is 0.261 e. The first kappa shape index (κ1) is 18.5. The molecule has 1 N–H and O–H groups in total. The van der Waals surface area contributed by atoms with Gasteiger partial charge in [-0.15, -0.1) is 0 Å². The molecule has 1 aromatic heterocycles. The van der Waals surface area contributed by atoms with Gasteiger partial charge in [-0.25, -0.2) is 23.1 Å². The van der Waals surface area contributed by atoms with Gasteiger partial charge in [0, 0.05) is 30.0 Å². The average molecular weight is 374 g/mol. The lowest BCUT2D eigenvalue weighted by Gasteiger charge is -2.19. The maximum atomic E-state index is 12.8. The number of benzene rings is 1. The summed E-state index contributed by atoms with van der Waals surface area (Å²) in [5.41, 5.74) is 1.79. The molecular formula is C18H22N4O3S. The van der Waals surface area contributed by atoms with Crippen LogP contribution in [0.3, 0.4) is 0 Å². The number of anilines is 1. The molecule has 0 saturated carbocycles. The van der Waals surface area contributed by atoms with Crippen LogP contribution in [0.15, 0.2) is 35.5 Å². The monoisotopic (exact) mass is 374 g/mol. The Balaban J connectivity index is 1.88. The molecule has 1 amide bonds. The molecule has 1 aliphatic rings. The van der Waals surface area contributed by atoms with E-state index < -0.39 is 10.0 Å². The second-order valence-corrected chi connectivity index (χ2v) is 9.14. The Bertz CT molecular complexity index is 947. The lowest BCUT2D eigenvalue weighted by atomic mass is 9.96. The van der Waals surface area contributed by atoms with Gasteiger partial charge in [0.15, 0.2) is 0 Å². The molecule has 3 rings (SSSR count). The molecule has 0 unspecified atom stereocenters. The van der Waals surface area contributed by atoms with Gasteiger partial charge >= 0.3 is 0 Å². The molecule has 0 aliphatic carbocycles. The van der Waals surface area contributed by atoms with Crippen molar-refractivity contribution in [3.8, 4) is 0 Å². The van der Waals surface area contributed by atoms with E-state index >= 15 is 0 Å². The van der Waals surface area contributed by atoms with Crippen molar-refractivity contribution in [3.63, 3.8) is 0 Å². The summed E-state index contributed by atoms with van der Waals surface area (Å²) in [6.45, 7) is 6.53. The van der Waals surface area contributed by atoms with E-state index in [-0.39, 0.29) is 16.2 Å². The van der Waals surface area contributed by atoms with Gasteiger partial charge in [0.05, 0.1) is 10.5 Å². The van der Waals surface area contributed by atoms with Gasteiger partial charge in [0.2, 0.25) is 10.0 Å². The van der Waals surface area contributed by atoms with Gasteiger partial charge in [-0.1, -0.05) is 20.8 Å². The fourth-order valence-corrected chi connectivity index (χ4v) is 3.64. The number of rotatable bonds is 3. The summed E-state index contributed by atoms with van der Waals surface area (Å²) in [6, 6.07) is 4.80. The topological polar surface area (TPSA) is 92.3 Å². The van der Waals surface area contributed by atoms with Crippen molar-refractivity contribution < 1.29 is 13.2 Å². The fourth-order valence-electron chi connectivity index (χ4n) is 2.86. The van der Waals surface area contributed by atoms with E-state index in [1.54, 1.807) is 29.4 Å². The Hall–Kier alpha value is -2.32. The molecule has 0 bridgehead atoms. The van der Waals surface area contributed by atoms with Gasteiger partial charge in [-0.3, -0.25) is 4.79 Å². The van der Waals surface area contributed by atoms with Crippen LogP contribution >= 0.6 is 0 Å². The standard InChI is InChI=1S/C18H22N4O3S/c1-18(2,3)17-20-10-13(11-21-17)16(23)22-8-7-12-9-14(5-6-15(12)22)26(24,25)19-4/h5-6,9-11,19H,7-8H2,1-4H3. The number of nitrogens with zero attached hydrogens (tertiary/aromatic N) is 3. The Labute approximate surface area is 153 Å². The normalized spacial score (nSPS) is 14.4. The van der Waals surface area contributed by atoms with E-state index in [1.165, 1.54) is 13.1 Å². The van der Waals surface area contributed by atoms with Gasteiger partial charge < -0.3 is 4.90 Å². The molecule has 0 spiro atoms. The molecular weight excluding hydrogens is 352 g/mol. The molecule has 0 saturated heterocycles. The summed E-state index contributed by atoms with van der Waals surface area (Å²) < 4.78 is 26.2. The summed E-state index contributed by atoms with van der Waals surface area (Å²) in [5.74, 6) is 0.492. The van der Waals surface area contributed by atoms with Crippen LogP contribution in [0.25, 0.3) is 0 Å². The number of hydrogen-bond acceptors (Lipinski definition) is 5. The van der Waals surface area contributed by atoms with E-state index in [9.17, 15) is 13.2 Å². The first-order valence-corrected chi connectivity index (χ1v) is 9.82. The highest BCUT2D eigenvalue weighted by atomic mass is 32.2. The highest BCUT2D eigenvalue weighted by Gasteiger charge is 2.28. The number of hydrogen-bond donors (Lipinski definition) is 1. The molecule has 7 nitrogen and oxygen atoms in total. The summed E-state index contributed by atoms with van der Waals surface area (Å²) in [5, 5.41) is 0. The summed E-state index contributed by atoms with van der Waals surface area (Å²) in [4.78, 5) is 23.3. The molecule has 1 aromatic carbocycles. The van der Waals surface area contributed by atoms with Crippen molar-refractivity contribution >= 4 is 21.6 Å². The van der Waals surface area contributed by atoms with Gasteiger partial charge in [-0.05, 0) is 37.2 Å². The van der Waals surface area contributed by atoms with Gasteiger partial charge in [0.25, 0.3) is 5.91 Å². The van der Waals surface area contributed by atoms with Crippen LogP contribution in [-0.4, -0.2) is 37.9 Å². The number of carbonyl (C=O) groups is 1. The minimum Gasteiger partial charge on any atom is -0.308 e. The van der Waals surface area contributed by atoms with E-state index in [4.69, 9.17) is 0 Å². The van der Waals surface area contributed by atoms with Crippen LogP contribution in [0.1, 0.15) is 42.5 Å². The molecule has 1 aliphatic heterocycles. The highest BCUT2D eigenvalue weighted by molar-refractivity contribution is 7.89. The average Bonchev–Trinajstić information content (AvgIpc) is 3.03. The fraction of sp³-hybridized carbons (Fsp3) is 0.389. The summed E-state index contributed by atoms with van der Waals surface area (Å²) in [7, 11) is -2.13. The lowest BCUT2D eigenvalue weighted by molar-refractivity contribution is 0.0988. The lowest BCUT2D eigenvalue weighted by Crippen LogP contribution is -2.29. The minimum absolute atomic E-state index is 0.184. The SMILES string of the molecule is CNS(=O)(=O)c1ccc2c(c1)CCN2C(=O)c1cnc(C(C)(C)C)nc1.